The number of urea groups is 1. The molecule has 2 aromatic carbocycles. The molecule has 1 fully saturated rings. The average Bonchev–Trinajstić information content (AvgIpc) is 2.64. The van der Waals surface area contributed by atoms with Crippen LogP contribution in [0.5, 0.6) is 5.75 Å². The number of anilines is 2. The molecular weight excluding hydrogens is 340 g/mol. The molecule has 0 bridgehead atoms. The van der Waals surface area contributed by atoms with Crippen LogP contribution in [0.2, 0.25) is 0 Å². The summed E-state index contributed by atoms with van der Waals surface area (Å²) < 4.78 is 32.3. The number of hydrogen-bond acceptors (Lipinski definition) is 3. The van der Waals surface area contributed by atoms with Gasteiger partial charge in [-0.15, -0.1) is 0 Å². The second-order valence-electron chi connectivity index (χ2n) is 5.96. The van der Waals surface area contributed by atoms with Crippen LogP contribution in [0.1, 0.15) is 6.92 Å². The highest BCUT2D eigenvalue weighted by atomic mass is 19.1. The second-order valence-corrected chi connectivity index (χ2v) is 5.96. The monoisotopic (exact) mass is 361 g/mol. The summed E-state index contributed by atoms with van der Waals surface area (Å²) in [6.45, 7) is 4.38. The quantitative estimate of drug-likeness (QED) is 0.903. The highest BCUT2D eigenvalue weighted by Crippen LogP contribution is 2.22. The van der Waals surface area contributed by atoms with Crippen LogP contribution in [0, 0.1) is 11.6 Å². The maximum absolute atomic E-state index is 13.9. The van der Waals surface area contributed by atoms with Crippen LogP contribution in [-0.2, 0) is 0 Å². The third kappa shape index (κ3) is 4.22. The summed E-state index contributed by atoms with van der Waals surface area (Å²) in [5, 5.41) is 2.84. The van der Waals surface area contributed by atoms with Crippen molar-refractivity contribution in [2.24, 2.45) is 0 Å². The van der Waals surface area contributed by atoms with Crippen molar-refractivity contribution in [3.05, 3.63) is 54.1 Å². The molecule has 1 saturated heterocycles. The third-order valence-corrected chi connectivity index (χ3v) is 4.23. The third-order valence-electron chi connectivity index (χ3n) is 4.23. The van der Waals surface area contributed by atoms with Crippen molar-refractivity contribution in [2.45, 2.75) is 6.92 Å². The first-order valence-corrected chi connectivity index (χ1v) is 8.55. The van der Waals surface area contributed by atoms with E-state index in [1.54, 1.807) is 29.2 Å². The number of ether oxygens (including phenoxy) is 1. The molecule has 26 heavy (non-hydrogen) atoms. The summed E-state index contributed by atoms with van der Waals surface area (Å²) in [6.07, 6.45) is 0. The zero-order chi connectivity index (χ0) is 18.5. The fourth-order valence-electron chi connectivity index (χ4n) is 2.89. The van der Waals surface area contributed by atoms with Gasteiger partial charge in [0.25, 0.3) is 0 Å². The predicted molar refractivity (Wildman–Crippen MR) is 96.8 cm³/mol. The molecule has 0 saturated carbocycles. The Morgan fingerprint density at radius 1 is 1.08 bits per heavy atom. The summed E-state index contributed by atoms with van der Waals surface area (Å²) in [6, 6.07) is 10.5. The van der Waals surface area contributed by atoms with Crippen LogP contribution >= 0.6 is 0 Å². The Balaban J connectivity index is 1.54. The molecule has 1 aliphatic rings. The molecule has 0 atom stereocenters. The lowest BCUT2D eigenvalue weighted by Gasteiger charge is -2.36. The number of nitrogens with one attached hydrogen (secondary N) is 1. The van der Waals surface area contributed by atoms with E-state index >= 15 is 0 Å². The molecule has 0 radical (unpaired) electrons. The molecule has 1 heterocycles. The fraction of sp³-hybridized carbons (Fsp3) is 0.316. The average molecular weight is 361 g/mol. The van der Waals surface area contributed by atoms with Gasteiger partial charge in [-0.3, -0.25) is 0 Å². The molecule has 0 aliphatic carbocycles. The van der Waals surface area contributed by atoms with Crippen LogP contribution in [0.25, 0.3) is 0 Å². The normalized spacial score (nSPS) is 14.3. The topological polar surface area (TPSA) is 44.8 Å². The Labute approximate surface area is 151 Å². The minimum Gasteiger partial charge on any atom is -0.494 e. The van der Waals surface area contributed by atoms with Gasteiger partial charge in [-0.2, -0.15) is 0 Å². The maximum atomic E-state index is 13.9. The van der Waals surface area contributed by atoms with E-state index in [1.165, 1.54) is 12.1 Å². The Bertz CT molecular complexity index is 760. The lowest BCUT2D eigenvalue weighted by molar-refractivity contribution is 0.208. The first kappa shape index (κ1) is 18.0. The zero-order valence-electron chi connectivity index (χ0n) is 14.5. The molecule has 1 aliphatic heterocycles. The molecule has 0 unspecified atom stereocenters. The van der Waals surface area contributed by atoms with Gasteiger partial charge in [-0.05, 0) is 43.3 Å². The first-order valence-electron chi connectivity index (χ1n) is 8.55. The van der Waals surface area contributed by atoms with E-state index in [0.29, 0.717) is 44.2 Å². The molecule has 0 spiro atoms. The molecule has 2 amide bonds. The molecule has 138 valence electrons. The summed E-state index contributed by atoms with van der Waals surface area (Å²) in [4.78, 5) is 15.9. The van der Waals surface area contributed by atoms with Gasteiger partial charge >= 0.3 is 6.03 Å². The van der Waals surface area contributed by atoms with Crippen LogP contribution in [0.15, 0.2) is 42.5 Å². The number of nitrogens with zero attached hydrogens (tertiary/aromatic N) is 2. The van der Waals surface area contributed by atoms with E-state index in [0.717, 1.165) is 11.8 Å². The van der Waals surface area contributed by atoms with Crippen LogP contribution in [-0.4, -0.2) is 43.7 Å². The van der Waals surface area contributed by atoms with E-state index in [1.807, 2.05) is 11.8 Å². The van der Waals surface area contributed by atoms with Crippen molar-refractivity contribution in [2.75, 3.05) is 43.0 Å². The highest BCUT2D eigenvalue weighted by Gasteiger charge is 2.23. The molecular formula is C19H21F2N3O2. The Hall–Kier alpha value is -2.83. The van der Waals surface area contributed by atoms with Gasteiger partial charge in [0.1, 0.15) is 17.4 Å². The van der Waals surface area contributed by atoms with Gasteiger partial charge in [0.2, 0.25) is 0 Å². The smallest absolute Gasteiger partial charge is 0.321 e. The fourth-order valence-corrected chi connectivity index (χ4v) is 2.89. The SMILES string of the molecule is CCOc1ccc(NC(=O)N2CCN(c3ccc(F)cc3F)CC2)cc1. The number of hydrogen-bond donors (Lipinski definition) is 1. The molecule has 1 N–H and O–H groups in total. The van der Waals surface area contributed by atoms with Crippen molar-refractivity contribution in [1.29, 1.82) is 0 Å². The van der Waals surface area contributed by atoms with Crippen molar-refractivity contribution in [3.8, 4) is 5.75 Å². The van der Waals surface area contributed by atoms with Gasteiger partial charge in [-0.25, -0.2) is 13.6 Å². The first-order chi connectivity index (χ1) is 12.6. The minimum atomic E-state index is -0.598. The van der Waals surface area contributed by atoms with E-state index < -0.39 is 11.6 Å². The molecule has 2 aromatic rings. The Kier molecular flexibility index (Phi) is 5.55. The standard InChI is InChI=1S/C19H21F2N3O2/c1-2-26-16-6-4-15(5-7-16)22-19(25)24-11-9-23(10-12-24)18-8-3-14(20)13-17(18)21/h3-8,13H,2,9-12H2,1H3,(H,22,25). The lowest BCUT2D eigenvalue weighted by Crippen LogP contribution is -2.50. The summed E-state index contributed by atoms with van der Waals surface area (Å²) in [7, 11) is 0. The van der Waals surface area contributed by atoms with E-state index in [-0.39, 0.29) is 6.03 Å². The number of rotatable bonds is 4. The van der Waals surface area contributed by atoms with Crippen molar-refractivity contribution in [1.82, 2.24) is 4.90 Å². The number of benzene rings is 2. The van der Waals surface area contributed by atoms with Crippen LogP contribution < -0.4 is 15.0 Å². The van der Waals surface area contributed by atoms with Crippen molar-refractivity contribution >= 4 is 17.4 Å². The zero-order valence-corrected chi connectivity index (χ0v) is 14.5. The molecule has 5 nitrogen and oxygen atoms in total. The number of piperazine rings is 1. The van der Waals surface area contributed by atoms with Gasteiger partial charge < -0.3 is 19.9 Å². The molecule has 0 aromatic heterocycles. The summed E-state index contributed by atoms with van der Waals surface area (Å²) >= 11 is 0. The lowest BCUT2D eigenvalue weighted by atomic mass is 10.2. The second kappa shape index (κ2) is 8.03. The van der Waals surface area contributed by atoms with Crippen molar-refractivity contribution in [3.63, 3.8) is 0 Å². The van der Waals surface area contributed by atoms with Gasteiger partial charge in [0.15, 0.2) is 0 Å². The van der Waals surface area contributed by atoms with Crippen molar-refractivity contribution < 1.29 is 18.3 Å². The van der Waals surface area contributed by atoms with E-state index in [4.69, 9.17) is 4.74 Å². The number of amides is 2. The van der Waals surface area contributed by atoms with Crippen LogP contribution in [0.3, 0.4) is 0 Å². The summed E-state index contributed by atoms with van der Waals surface area (Å²) in [5.74, 6) is -0.433. The Morgan fingerprint density at radius 2 is 1.77 bits per heavy atom. The largest absolute Gasteiger partial charge is 0.494 e. The van der Waals surface area contributed by atoms with Gasteiger partial charge in [-0.1, -0.05) is 0 Å². The predicted octanol–water partition coefficient (Wildman–Crippen LogP) is 3.72. The van der Waals surface area contributed by atoms with Gasteiger partial charge in [0, 0.05) is 37.9 Å². The maximum Gasteiger partial charge on any atom is 0.321 e. The number of carbonyl (C=O) groups is 1. The van der Waals surface area contributed by atoms with E-state index in [2.05, 4.69) is 5.32 Å². The van der Waals surface area contributed by atoms with Crippen LogP contribution in [0.4, 0.5) is 25.0 Å². The molecule has 3 rings (SSSR count). The summed E-state index contributed by atoms with van der Waals surface area (Å²) in [5.41, 5.74) is 1.04. The number of carbonyl (C=O) groups excluding carboxylic acids is 1. The number of halogens is 2. The van der Waals surface area contributed by atoms with E-state index in [9.17, 15) is 13.6 Å². The van der Waals surface area contributed by atoms with Gasteiger partial charge in [0.05, 0.1) is 12.3 Å². The highest BCUT2D eigenvalue weighted by molar-refractivity contribution is 5.89. The minimum absolute atomic E-state index is 0.201. The Morgan fingerprint density at radius 3 is 2.38 bits per heavy atom. The molecule has 7 heteroatoms.